The Balaban J connectivity index is 2.89. The molecule has 106 valence electrons. The number of phenols is 1. The zero-order valence-electron chi connectivity index (χ0n) is 10.2. The molecule has 0 fully saturated rings. The molecule has 0 bridgehead atoms. The summed E-state index contributed by atoms with van der Waals surface area (Å²) in [5.74, 6) is -2.70. The van der Waals surface area contributed by atoms with Crippen LogP contribution in [-0.4, -0.2) is 20.0 Å². The number of aromatic nitrogens is 2. The van der Waals surface area contributed by atoms with Crippen LogP contribution >= 0.6 is 0 Å². The Labute approximate surface area is 116 Å². The molecule has 2 aromatic rings. The molecule has 0 aliphatic heterocycles. The Kier molecular flexibility index (Phi) is 3.25. The minimum atomic E-state index is -1.02. The molecule has 0 saturated carbocycles. The maximum atomic E-state index is 13.9. The molecule has 5 N–H and O–H groups in total. The van der Waals surface area contributed by atoms with Gasteiger partial charge in [-0.3, -0.25) is 10.1 Å². The summed E-state index contributed by atoms with van der Waals surface area (Å²) in [5, 5.41) is 29.7. The van der Waals surface area contributed by atoms with Crippen molar-refractivity contribution in [1.29, 1.82) is 5.26 Å². The molecule has 1 heterocycles. The highest BCUT2D eigenvalue weighted by atomic mass is 19.1. The van der Waals surface area contributed by atoms with E-state index in [1.165, 1.54) is 0 Å². The van der Waals surface area contributed by atoms with Gasteiger partial charge in [-0.25, -0.2) is 9.37 Å². The van der Waals surface area contributed by atoms with E-state index >= 15 is 0 Å². The predicted octanol–water partition coefficient (Wildman–Crippen LogP) is 0.933. The van der Waals surface area contributed by atoms with Gasteiger partial charge < -0.3 is 16.6 Å². The van der Waals surface area contributed by atoms with Crippen molar-refractivity contribution in [3.05, 3.63) is 33.6 Å². The standard InChI is InChI=1S/C11H7FN6O3/c12-5-1-2-6(18(20)21)9(19)7(5)8-4(3-13)10(14)17-11(15)16-8/h1-2,19H,(H4,14,15,16,17). The van der Waals surface area contributed by atoms with Gasteiger partial charge in [-0.1, -0.05) is 0 Å². The number of nitrogens with zero attached hydrogens (tertiary/aromatic N) is 4. The largest absolute Gasteiger partial charge is 0.502 e. The molecule has 0 unspecified atom stereocenters. The second kappa shape index (κ2) is 4.89. The molecule has 0 spiro atoms. The molecule has 0 radical (unpaired) electrons. The molecule has 0 aliphatic carbocycles. The van der Waals surface area contributed by atoms with Crippen molar-refractivity contribution in [2.45, 2.75) is 0 Å². The predicted molar refractivity (Wildman–Crippen MR) is 69.3 cm³/mol. The van der Waals surface area contributed by atoms with Crippen LogP contribution in [-0.2, 0) is 0 Å². The Bertz CT molecular complexity index is 802. The fourth-order valence-electron chi connectivity index (χ4n) is 1.72. The second-order valence-electron chi connectivity index (χ2n) is 3.85. The lowest BCUT2D eigenvalue weighted by molar-refractivity contribution is -0.385. The van der Waals surface area contributed by atoms with E-state index in [-0.39, 0.29) is 17.3 Å². The van der Waals surface area contributed by atoms with E-state index in [1.807, 2.05) is 0 Å². The van der Waals surface area contributed by atoms with E-state index in [1.54, 1.807) is 6.07 Å². The molecule has 0 amide bonds. The summed E-state index contributed by atoms with van der Waals surface area (Å²) in [6.07, 6.45) is 0. The van der Waals surface area contributed by atoms with Gasteiger partial charge in [0.15, 0.2) is 0 Å². The lowest BCUT2D eigenvalue weighted by Crippen LogP contribution is -2.06. The normalized spacial score (nSPS) is 10.1. The highest BCUT2D eigenvalue weighted by molar-refractivity contribution is 5.80. The van der Waals surface area contributed by atoms with E-state index < -0.39 is 33.4 Å². The third kappa shape index (κ3) is 2.23. The molecule has 1 aromatic heterocycles. The Morgan fingerprint density at radius 1 is 1.38 bits per heavy atom. The number of phenolic OH excluding ortho intramolecular Hbond substituents is 1. The van der Waals surface area contributed by atoms with Crippen LogP contribution in [0.4, 0.5) is 21.8 Å². The number of halogens is 1. The van der Waals surface area contributed by atoms with Crippen molar-refractivity contribution in [3.8, 4) is 23.1 Å². The van der Waals surface area contributed by atoms with Crippen molar-refractivity contribution in [3.63, 3.8) is 0 Å². The van der Waals surface area contributed by atoms with Crippen molar-refractivity contribution in [1.82, 2.24) is 9.97 Å². The maximum Gasteiger partial charge on any atom is 0.311 e. The van der Waals surface area contributed by atoms with Gasteiger partial charge in [0.25, 0.3) is 0 Å². The van der Waals surface area contributed by atoms with Crippen molar-refractivity contribution < 1.29 is 14.4 Å². The third-order valence-corrected chi connectivity index (χ3v) is 2.61. The van der Waals surface area contributed by atoms with Gasteiger partial charge in [0.2, 0.25) is 11.7 Å². The fraction of sp³-hybridized carbons (Fsp3) is 0. The van der Waals surface area contributed by atoms with Crippen molar-refractivity contribution in [2.24, 2.45) is 0 Å². The summed E-state index contributed by atoms with van der Waals surface area (Å²) < 4.78 is 13.9. The smallest absolute Gasteiger partial charge is 0.311 e. The Morgan fingerprint density at radius 3 is 2.62 bits per heavy atom. The van der Waals surface area contributed by atoms with Crippen LogP contribution in [0.5, 0.6) is 5.75 Å². The number of hydrogen-bond acceptors (Lipinski definition) is 8. The molecule has 0 atom stereocenters. The summed E-state index contributed by atoms with van der Waals surface area (Å²) in [4.78, 5) is 17.0. The minimum absolute atomic E-state index is 0.328. The van der Waals surface area contributed by atoms with E-state index in [0.29, 0.717) is 0 Å². The maximum absolute atomic E-state index is 13.9. The van der Waals surface area contributed by atoms with Crippen molar-refractivity contribution >= 4 is 17.5 Å². The lowest BCUT2D eigenvalue weighted by atomic mass is 10.0. The monoisotopic (exact) mass is 290 g/mol. The summed E-state index contributed by atoms with van der Waals surface area (Å²) in [6, 6.07) is 3.19. The second-order valence-corrected chi connectivity index (χ2v) is 3.85. The van der Waals surface area contributed by atoms with E-state index in [0.717, 1.165) is 12.1 Å². The summed E-state index contributed by atoms with van der Waals surface area (Å²) in [5.41, 5.74) is 8.70. The van der Waals surface area contributed by atoms with Crippen LogP contribution in [0.3, 0.4) is 0 Å². The number of hydrogen-bond donors (Lipinski definition) is 3. The Hall–Kier alpha value is -3.48. The number of benzene rings is 1. The first kappa shape index (κ1) is 13.9. The number of anilines is 2. The van der Waals surface area contributed by atoms with Crippen LogP contribution in [0, 0.1) is 27.3 Å². The number of nitro benzene ring substituents is 1. The molecule has 0 saturated heterocycles. The zero-order chi connectivity index (χ0) is 15.7. The molecule has 9 nitrogen and oxygen atoms in total. The number of nitrogen functional groups attached to an aromatic ring is 2. The summed E-state index contributed by atoms with van der Waals surface area (Å²) >= 11 is 0. The minimum Gasteiger partial charge on any atom is -0.502 e. The molecular weight excluding hydrogens is 283 g/mol. The van der Waals surface area contributed by atoms with Crippen LogP contribution < -0.4 is 11.5 Å². The number of nitriles is 1. The third-order valence-electron chi connectivity index (χ3n) is 2.61. The van der Waals surface area contributed by atoms with Gasteiger partial charge in [-0.2, -0.15) is 10.2 Å². The number of nitrogens with two attached hydrogens (primary N) is 2. The number of aromatic hydroxyl groups is 1. The molecule has 1 aromatic carbocycles. The quantitative estimate of drug-likeness (QED) is 0.542. The molecule has 2 rings (SSSR count). The average Bonchev–Trinajstić information content (AvgIpc) is 2.37. The molecular formula is C11H7FN6O3. The zero-order valence-corrected chi connectivity index (χ0v) is 10.2. The van der Waals surface area contributed by atoms with E-state index in [9.17, 15) is 19.6 Å². The first-order chi connectivity index (χ1) is 9.86. The number of rotatable bonds is 2. The first-order valence-corrected chi connectivity index (χ1v) is 5.36. The topological polar surface area (TPSA) is 165 Å². The molecule has 10 heteroatoms. The van der Waals surface area contributed by atoms with Crippen LogP contribution in [0.1, 0.15) is 5.56 Å². The van der Waals surface area contributed by atoms with Crippen LogP contribution in [0.2, 0.25) is 0 Å². The number of nitro groups is 1. The fourth-order valence-corrected chi connectivity index (χ4v) is 1.72. The summed E-state index contributed by atoms with van der Waals surface area (Å²) in [7, 11) is 0. The molecule has 21 heavy (non-hydrogen) atoms. The average molecular weight is 290 g/mol. The van der Waals surface area contributed by atoms with Gasteiger partial charge >= 0.3 is 5.69 Å². The lowest BCUT2D eigenvalue weighted by Gasteiger charge is -2.09. The van der Waals surface area contributed by atoms with Gasteiger partial charge in [0.1, 0.15) is 29.0 Å². The van der Waals surface area contributed by atoms with Gasteiger partial charge in [-0.05, 0) is 6.07 Å². The summed E-state index contributed by atoms with van der Waals surface area (Å²) in [6.45, 7) is 0. The van der Waals surface area contributed by atoms with E-state index in [4.69, 9.17) is 16.7 Å². The van der Waals surface area contributed by atoms with Gasteiger partial charge in [-0.15, -0.1) is 0 Å². The Morgan fingerprint density at radius 2 is 2.05 bits per heavy atom. The van der Waals surface area contributed by atoms with Gasteiger partial charge in [0, 0.05) is 6.07 Å². The van der Waals surface area contributed by atoms with E-state index in [2.05, 4.69) is 9.97 Å². The van der Waals surface area contributed by atoms with Crippen LogP contribution in [0.25, 0.3) is 11.3 Å². The van der Waals surface area contributed by atoms with Gasteiger partial charge in [0.05, 0.1) is 10.5 Å². The van der Waals surface area contributed by atoms with Crippen LogP contribution in [0.15, 0.2) is 12.1 Å². The molecule has 0 aliphatic rings. The first-order valence-electron chi connectivity index (χ1n) is 5.36. The highest BCUT2D eigenvalue weighted by Crippen LogP contribution is 2.40. The van der Waals surface area contributed by atoms with Crippen molar-refractivity contribution in [2.75, 3.05) is 11.5 Å². The SMILES string of the molecule is N#Cc1c(N)nc(N)nc1-c1c(F)ccc([N+](=O)[O-])c1O. The highest BCUT2D eigenvalue weighted by Gasteiger charge is 2.26.